The van der Waals surface area contributed by atoms with Gasteiger partial charge < -0.3 is 5.32 Å². The van der Waals surface area contributed by atoms with Crippen LogP contribution >= 0.6 is 11.6 Å². The Kier molecular flexibility index (Phi) is 5.53. The third kappa shape index (κ3) is 4.19. The minimum atomic E-state index is -4.50. The first-order valence-corrected chi connectivity index (χ1v) is 8.70. The molecule has 7 heteroatoms. The van der Waals surface area contributed by atoms with E-state index in [1.54, 1.807) is 0 Å². The van der Waals surface area contributed by atoms with Crippen LogP contribution in [0.25, 0.3) is 0 Å². The molecule has 1 saturated heterocycles. The molecule has 0 aliphatic carbocycles. The zero-order valence-electron chi connectivity index (χ0n) is 13.9. The van der Waals surface area contributed by atoms with Crippen LogP contribution in [0.5, 0.6) is 0 Å². The summed E-state index contributed by atoms with van der Waals surface area (Å²) in [6, 6.07) is 11.6. The SMILES string of the molecule is O=C(Nc1cc(C(F)(F)F)ccc1Cl)C(c1ccccc1)N1CCCC1. The van der Waals surface area contributed by atoms with Gasteiger partial charge in [0.2, 0.25) is 5.91 Å². The van der Waals surface area contributed by atoms with Gasteiger partial charge in [-0.3, -0.25) is 9.69 Å². The predicted molar refractivity (Wildman–Crippen MR) is 95.1 cm³/mol. The van der Waals surface area contributed by atoms with E-state index in [0.717, 1.165) is 49.7 Å². The second-order valence-electron chi connectivity index (χ2n) is 6.24. The first-order valence-electron chi connectivity index (χ1n) is 8.33. The van der Waals surface area contributed by atoms with Gasteiger partial charge in [-0.25, -0.2) is 0 Å². The Morgan fingerprint density at radius 3 is 2.35 bits per heavy atom. The number of likely N-dealkylation sites (tertiary alicyclic amines) is 1. The maximum Gasteiger partial charge on any atom is 0.416 e. The Labute approximate surface area is 154 Å². The Hall–Kier alpha value is -2.05. The summed E-state index contributed by atoms with van der Waals surface area (Å²) in [6.45, 7) is 1.53. The highest BCUT2D eigenvalue weighted by atomic mass is 35.5. The first-order chi connectivity index (χ1) is 12.4. The highest BCUT2D eigenvalue weighted by Gasteiger charge is 2.33. The molecule has 0 saturated carbocycles. The molecule has 1 heterocycles. The lowest BCUT2D eigenvalue weighted by Gasteiger charge is -2.27. The number of carbonyl (C=O) groups excluding carboxylic acids is 1. The summed E-state index contributed by atoms with van der Waals surface area (Å²) in [6.07, 6.45) is -2.53. The summed E-state index contributed by atoms with van der Waals surface area (Å²) in [5.74, 6) is -0.390. The monoisotopic (exact) mass is 382 g/mol. The number of benzene rings is 2. The normalized spacial score (nSPS) is 16.5. The molecule has 1 atom stereocenters. The van der Waals surface area contributed by atoms with Crippen LogP contribution in [0.2, 0.25) is 5.02 Å². The Bertz CT molecular complexity index is 774. The fraction of sp³-hybridized carbons (Fsp3) is 0.316. The second-order valence-corrected chi connectivity index (χ2v) is 6.65. The van der Waals surface area contributed by atoms with Crippen molar-refractivity contribution >= 4 is 23.2 Å². The number of hydrogen-bond donors (Lipinski definition) is 1. The molecule has 2 aromatic carbocycles. The van der Waals surface area contributed by atoms with Gasteiger partial charge >= 0.3 is 6.18 Å². The zero-order chi connectivity index (χ0) is 18.7. The van der Waals surface area contributed by atoms with Gasteiger partial charge in [-0.2, -0.15) is 13.2 Å². The second kappa shape index (κ2) is 7.68. The van der Waals surface area contributed by atoms with Crippen LogP contribution in [0.4, 0.5) is 18.9 Å². The van der Waals surface area contributed by atoms with E-state index in [1.165, 1.54) is 0 Å². The zero-order valence-corrected chi connectivity index (χ0v) is 14.6. The molecule has 138 valence electrons. The van der Waals surface area contributed by atoms with Crippen LogP contribution in [0.15, 0.2) is 48.5 Å². The number of amides is 1. The number of nitrogens with one attached hydrogen (secondary N) is 1. The molecule has 0 radical (unpaired) electrons. The lowest BCUT2D eigenvalue weighted by atomic mass is 10.0. The maximum absolute atomic E-state index is 12.9. The topological polar surface area (TPSA) is 32.3 Å². The summed E-state index contributed by atoms with van der Waals surface area (Å²) in [7, 11) is 0. The van der Waals surface area contributed by atoms with Crippen LogP contribution < -0.4 is 5.32 Å². The molecule has 2 aromatic rings. The highest BCUT2D eigenvalue weighted by molar-refractivity contribution is 6.33. The summed E-state index contributed by atoms with van der Waals surface area (Å²) in [4.78, 5) is 15.0. The van der Waals surface area contributed by atoms with Gasteiger partial charge in [0.25, 0.3) is 0 Å². The summed E-state index contributed by atoms with van der Waals surface area (Å²) >= 11 is 6.01. The molecule has 1 amide bonds. The van der Waals surface area contributed by atoms with E-state index >= 15 is 0 Å². The average molecular weight is 383 g/mol. The van der Waals surface area contributed by atoms with Crippen LogP contribution in [0.3, 0.4) is 0 Å². The average Bonchev–Trinajstić information content (AvgIpc) is 3.11. The fourth-order valence-corrected chi connectivity index (χ4v) is 3.33. The fourth-order valence-electron chi connectivity index (χ4n) is 3.16. The van der Waals surface area contributed by atoms with Crippen molar-refractivity contribution in [2.45, 2.75) is 25.1 Å². The smallest absolute Gasteiger partial charge is 0.323 e. The van der Waals surface area contributed by atoms with Gasteiger partial charge in [0.15, 0.2) is 0 Å². The first kappa shape index (κ1) is 18.7. The van der Waals surface area contributed by atoms with Gasteiger partial charge in [-0.05, 0) is 49.7 Å². The summed E-state index contributed by atoms with van der Waals surface area (Å²) < 4.78 is 38.8. The largest absolute Gasteiger partial charge is 0.416 e. The van der Waals surface area contributed by atoms with Crippen molar-refractivity contribution in [3.8, 4) is 0 Å². The molecule has 0 aromatic heterocycles. The molecule has 0 spiro atoms. The third-order valence-corrected chi connectivity index (χ3v) is 4.75. The number of alkyl halides is 3. The molecule has 26 heavy (non-hydrogen) atoms. The standard InChI is InChI=1S/C19H18ClF3N2O/c20-15-9-8-14(19(21,22)23)12-16(15)24-18(26)17(25-10-4-5-11-25)13-6-2-1-3-7-13/h1-3,6-9,12,17H,4-5,10-11H2,(H,24,26). The van der Waals surface area contributed by atoms with E-state index < -0.39 is 17.8 Å². The van der Waals surface area contributed by atoms with E-state index in [0.29, 0.717) is 0 Å². The van der Waals surface area contributed by atoms with Crippen molar-refractivity contribution in [1.29, 1.82) is 0 Å². The number of anilines is 1. The van der Waals surface area contributed by atoms with Crippen molar-refractivity contribution in [2.75, 3.05) is 18.4 Å². The van der Waals surface area contributed by atoms with Crippen molar-refractivity contribution in [2.24, 2.45) is 0 Å². The van der Waals surface area contributed by atoms with Crippen molar-refractivity contribution in [3.63, 3.8) is 0 Å². The van der Waals surface area contributed by atoms with Crippen LogP contribution in [0.1, 0.15) is 30.0 Å². The predicted octanol–water partition coefficient (Wildman–Crippen LogP) is 5.13. The Morgan fingerprint density at radius 2 is 1.73 bits per heavy atom. The van der Waals surface area contributed by atoms with Gasteiger partial charge in [0.1, 0.15) is 6.04 Å². The Balaban J connectivity index is 1.89. The molecule has 1 unspecified atom stereocenters. The molecule has 0 bridgehead atoms. The van der Waals surface area contributed by atoms with Gasteiger partial charge in [0.05, 0.1) is 16.3 Å². The van der Waals surface area contributed by atoms with E-state index in [4.69, 9.17) is 11.6 Å². The molecule has 1 fully saturated rings. The Morgan fingerprint density at radius 1 is 1.08 bits per heavy atom. The van der Waals surface area contributed by atoms with Crippen molar-refractivity contribution in [3.05, 3.63) is 64.7 Å². The molecule has 1 aliphatic heterocycles. The van der Waals surface area contributed by atoms with Gasteiger partial charge in [0, 0.05) is 0 Å². The van der Waals surface area contributed by atoms with E-state index in [9.17, 15) is 18.0 Å². The number of halogens is 4. The number of hydrogen-bond acceptors (Lipinski definition) is 2. The summed E-state index contributed by atoms with van der Waals surface area (Å²) in [5, 5.41) is 2.65. The number of rotatable bonds is 4. The molecule has 3 nitrogen and oxygen atoms in total. The number of carbonyl (C=O) groups is 1. The van der Waals surface area contributed by atoms with E-state index in [1.807, 2.05) is 35.2 Å². The third-order valence-electron chi connectivity index (χ3n) is 4.42. The number of nitrogens with zero attached hydrogens (tertiary/aromatic N) is 1. The highest BCUT2D eigenvalue weighted by Crippen LogP contribution is 2.35. The van der Waals surface area contributed by atoms with Crippen molar-refractivity contribution < 1.29 is 18.0 Å². The van der Waals surface area contributed by atoms with Crippen LogP contribution in [-0.4, -0.2) is 23.9 Å². The lowest BCUT2D eigenvalue weighted by molar-refractivity contribution is -0.137. The molecule has 3 rings (SSSR count). The minimum Gasteiger partial charge on any atom is -0.323 e. The molecular formula is C19H18ClF3N2O. The molecule has 1 aliphatic rings. The lowest BCUT2D eigenvalue weighted by Crippen LogP contribution is -2.35. The van der Waals surface area contributed by atoms with Crippen LogP contribution in [0, 0.1) is 0 Å². The van der Waals surface area contributed by atoms with E-state index in [2.05, 4.69) is 5.32 Å². The van der Waals surface area contributed by atoms with Gasteiger partial charge in [-0.1, -0.05) is 41.9 Å². The van der Waals surface area contributed by atoms with Crippen molar-refractivity contribution in [1.82, 2.24) is 4.90 Å². The molecule has 1 N–H and O–H groups in total. The quantitative estimate of drug-likeness (QED) is 0.794. The minimum absolute atomic E-state index is 0.0355. The summed E-state index contributed by atoms with van der Waals surface area (Å²) in [5.41, 5.74) is -0.0868. The molecular weight excluding hydrogens is 365 g/mol. The maximum atomic E-state index is 12.9. The van der Waals surface area contributed by atoms with Crippen LogP contribution in [-0.2, 0) is 11.0 Å². The van der Waals surface area contributed by atoms with E-state index in [-0.39, 0.29) is 16.6 Å². The van der Waals surface area contributed by atoms with Gasteiger partial charge in [-0.15, -0.1) is 0 Å².